The summed E-state index contributed by atoms with van der Waals surface area (Å²) in [7, 11) is 1.56. The van der Waals surface area contributed by atoms with E-state index >= 15 is 0 Å². The Morgan fingerprint density at radius 2 is 1.88 bits per heavy atom. The highest BCUT2D eigenvalue weighted by Gasteiger charge is 2.19. The SMILES string of the molecule is CN(C(=O)c1c[nH]c2ccc([N+](=O)[O-])cc2c1=O)c1ccccc1. The van der Waals surface area contributed by atoms with E-state index in [1.54, 1.807) is 31.3 Å². The largest absolute Gasteiger partial charge is 0.360 e. The van der Waals surface area contributed by atoms with Crippen LogP contribution in [0.5, 0.6) is 0 Å². The zero-order valence-electron chi connectivity index (χ0n) is 12.7. The van der Waals surface area contributed by atoms with Crippen molar-refractivity contribution in [3.05, 3.63) is 80.6 Å². The van der Waals surface area contributed by atoms with Gasteiger partial charge in [-0.2, -0.15) is 0 Å². The predicted molar refractivity (Wildman–Crippen MR) is 90.4 cm³/mol. The van der Waals surface area contributed by atoms with Crippen molar-refractivity contribution < 1.29 is 9.72 Å². The number of pyridine rings is 1. The number of nitro groups is 1. The van der Waals surface area contributed by atoms with E-state index in [1.165, 1.54) is 29.3 Å². The zero-order valence-corrected chi connectivity index (χ0v) is 12.7. The second-order valence-corrected chi connectivity index (χ2v) is 5.22. The first kappa shape index (κ1) is 15.4. The van der Waals surface area contributed by atoms with Crippen molar-refractivity contribution in [2.24, 2.45) is 0 Å². The average Bonchev–Trinajstić information content (AvgIpc) is 2.61. The summed E-state index contributed by atoms with van der Waals surface area (Å²) in [5, 5.41) is 11.0. The molecule has 0 saturated carbocycles. The van der Waals surface area contributed by atoms with E-state index in [4.69, 9.17) is 0 Å². The third-order valence-corrected chi connectivity index (χ3v) is 3.75. The number of amides is 1. The fourth-order valence-electron chi connectivity index (χ4n) is 2.43. The maximum absolute atomic E-state index is 12.6. The van der Waals surface area contributed by atoms with E-state index in [0.717, 1.165) is 0 Å². The molecule has 0 unspecified atom stereocenters. The highest BCUT2D eigenvalue weighted by Crippen LogP contribution is 2.18. The molecule has 0 fully saturated rings. The molecule has 24 heavy (non-hydrogen) atoms. The van der Waals surface area contributed by atoms with Gasteiger partial charge in [-0.15, -0.1) is 0 Å². The van der Waals surface area contributed by atoms with Gasteiger partial charge in [0.25, 0.3) is 11.6 Å². The number of benzene rings is 2. The van der Waals surface area contributed by atoms with Crippen LogP contribution in [0.25, 0.3) is 10.9 Å². The number of nitro benzene ring substituents is 1. The van der Waals surface area contributed by atoms with Crippen LogP contribution in [0.3, 0.4) is 0 Å². The van der Waals surface area contributed by atoms with Crippen molar-refractivity contribution in [2.45, 2.75) is 0 Å². The summed E-state index contributed by atoms with van der Waals surface area (Å²) in [5.41, 5.74) is 0.258. The van der Waals surface area contributed by atoms with E-state index in [1.807, 2.05) is 6.07 Å². The smallest absolute Gasteiger partial charge is 0.270 e. The molecule has 0 saturated heterocycles. The van der Waals surface area contributed by atoms with Crippen LogP contribution in [-0.4, -0.2) is 22.9 Å². The van der Waals surface area contributed by atoms with Crippen molar-refractivity contribution in [3.8, 4) is 0 Å². The fourth-order valence-corrected chi connectivity index (χ4v) is 2.43. The molecule has 1 amide bonds. The van der Waals surface area contributed by atoms with Crippen molar-refractivity contribution in [2.75, 3.05) is 11.9 Å². The van der Waals surface area contributed by atoms with Crippen molar-refractivity contribution in [1.82, 2.24) is 4.98 Å². The van der Waals surface area contributed by atoms with Gasteiger partial charge in [-0.1, -0.05) is 18.2 Å². The van der Waals surface area contributed by atoms with Gasteiger partial charge < -0.3 is 9.88 Å². The van der Waals surface area contributed by atoms with Gasteiger partial charge in [0, 0.05) is 36.6 Å². The van der Waals surface area contributed by atoms with Gasteiger partial charge in [-0.3, -0.25) is 19.7 Å². The minimum atomic E-state index is -0.580. The normalized spacial score (nSPS) is 10.5. The minimum absolute atomic E-state index is 0.0747. The van der Waals surface area contributed by atoms with Crippen molar-refractivity contribution >= 4 is 28.2 Å². The summed E-state index contributed by atoms with van der Waals surface area (Å²) >= 11 is 0. The molecule has 1 aromatic heterocycles. The molecule has 7 heteroatoms. The van der Waals surface area contributed by atoms with Crippen LogP contribution in [0.15, 0.2) is 59.5 Å². The Morgan fingerprint density at radius 3 is 2.54 bits per heavy atom. The first-order valence-corrected chi connectivity index (χ1v) is 7.12. The second-order valence-electron chi connectivity index (χ2n) is 5.22. The number of carbonyl (C=O) groups is 1. The summed E-state index contributed by atoms with van der Waals surface area (Å²) in [4.78, 5) is 39.7. The number of rotatable bonds is 3. The van der Waals surface area contributed by atoms with Crippen molar-refractivity contribution in [3.63, 3.8) is 0 Å². The lowest BCUT2D eigenvalue weighted by Crippen LogP contribution is -2.31. The lowest BCUT2D eigenvalue weighted by atomic mass is 10.1. The number of hydrogen-bond acceptors (Lipinski definition) is 4. The molecule has 0 atom stereocenters. The third-order valence-electron chi connectivity index (χ3n) is 3.75. The van der Waals surface area contributed by atoms with E-state index in [-0.39, 0.29) is 16.6 Å². The summed E-state index contributed by atoms with van der Waals surface area (Å²) in [6, 6.07) is 12.8. The number of anilines is 1. The Bertz CT molecular complexity index is 996. The third kappa shape index (κ3) is 2.63. The summed E-state index contributed by atoms with van der Waals surface area (Å²) in [6.07, 6.45) is 1.33. The number of aromatic nitrogens is 1. The number of fused-ring (bicyclic) bond motifs is 1. The van der Waals surface area contributed by atoms with E-state index in [0.29, 0.717) is 11.2 Å². The Kier molecular flexibility index (Phi) is 3.83. The molecule has 2 aromatic carbocycles. The molecule has 0 bridgehead atoms. The second kappa shape index (κ2) is 5.96. The highest BCUT2D eigenvalue weighted by molar-refractivity contribution is 6.07. The molecule has 0 radical (unpaired) electrons. The quantitative estimate of drug-likeness (QED) is 0.592. The van der Waals surface area contributed by atoms with Gasteiger partial charge in [0.15, 0.2) is 0 Å². The summed E-state index contributed by atoms with van der Waals surface area (Å²) in [6.45, 7) is 0. The van der Waals surface area contributed by atoms with Crippen LogP contribution in [0.4, 0.5) is 11.4 Å². The van der Waals surface area contributed by atoms with E-state index in [2.05, 4.69) is 4.98 Å². The minimum Gasteiger partial charge on any atom is -0.360 e. The van der Waals surface area contributed by atoms with Crippen LogP contribution >= 0.6 is 0 Å². The average molecular weight is 323 g/mol. The number of aromatic amines is 1. The Labute approximate surface area is 136 Å². The first-order valence-electron chi connectivity index (χ1n) is 7.12. The Hall–Kier alpha value is -3.48. The monoisotopic (exact) mass is 323 g/mol. The van der Waals surface area contributed by atoms with Crippen LogP contribution < -0.4 is 10.3 Å². The van der Waals surface area contributed by atoms with Gasteiger partial charge in [-0.05, 0) is 18.2 Å². The van der Waals surface area contributed by atoms with Crippen LogP contribution in [0, 0.1) is 10.1 Å². The predicted octanol–water partition coefficient (Wildman–Crippen LogP) is 2.71. The Balaban J connectivity index is 2.09. The zero-order chi connectivity index (χ0) is 17.3. The molecule has 7 nitrogen and oxygen atoms in total. The first-order chi connectivity index (χ1) is 11.5. The number of H-pyrrole nitrogens is 1. The molecule has 3 rings (SSSR count). The molecule has 0 aliphatic rings. The highest BCUT2D eigenvalue weighted by atomic mass is 16.6. The Morgan fingerprint density at radius 1 is 1.17 bits per heavy atom. The molecule has 1 N–H and O–H groups in total. The number of non-ortho nitro benzene ring substituents is 1. The van der Waals surface area contributed by atoms with Crippen LogP contribution in [-0.2, 0) is 0 Å². The lowest BCUT2D eigenvalue weighted by Gasteiger charge is -2.17. The molecule has 120 valence electrons. The van der Waals surface area contributed by atoms with Gasteiger partial charge in [0.2, 0.25) is 5.43 Å². The number of carbonyl (C=O) groups excluding carboxylic acids is 1. The maximum Gasteiger partial charge on any atom is 0.270 e. The van der Waals surface area contributed by atoms with Crippen LogP contribution in [0.1, 0.15) is 10.4 Å². The van der Waals surface area contributed by atoms with Gasteiger partial charge in [-0.25, -0.2) is 0 Å². The van der Waals surface area contributed by atoms with Gasteiger partial charge in [0.05, 0.1) is 10.3 Å². The van der Waals surface area contributed by atoms with Gasteiger partial charge >= 0.3 is 0 Å². The lowest BCUT2D eigenvalue weighted by molar-refractivity contribution is -0.384. The maximum atomic E-state index is 12.6. The summed E-state index contributed by atoms with van der Waals surface area (Å²) < 4.78 is 0. The number of nitrogens with one attached hydrogen (secondary N) is 1. The summed E-state index contributed by atoms with van der Waals surface area (Å²) in [5.74, 6) is -0.490. The molecule has 1 heterocycles. The van der Waals surface area contributed by atoms with E-state index in [9.17, 15) is 19.7 Å². The molecule has 0 spiro atoms. The van der Waals surface area contributed by atoms with Gasteiger partial charge in [0.1, 0.15) is 5.56 Å². The molecular formula is C17H13N3O4. The molecule has 0 aliphatic heterocycles. The number of para-hydroxylation sites is 1. The molecular weight excluding hydrogens is 310 g/mol. The van der Waals surface area contributed by atoms with E-state index < -0.39 is 16.3 Å². The molecule has 0 aliphatic carbocycles. The number of hydrogen-bond donors (Lipinski definition) is 1. The topological polar surface area (TPSA) is 96.3 Å². The standard InChI is InChI=1S/C17H13N3O4/c1-19(11-5-3-2-4-6-11)17(22)14-10-18-15-8-7-12(20(23)24)9-13(15)16(14)21/h2-10H,1H3,(H,18,21). The molecule has 3 aromatic rings. The van der Waals surface area contributed by atoms with Crippen LogP contribution in [0.2, 0.25) is 0 Å². The fraction of sp³-hybridized carbons (Fsp3) is 0.0588. The number of nitrogens with zero attached hydrogens (tertiary/aromatic N) is 2. The van der Waals surface area contributed by atoms with Crippen molar-refractivity contribution in [1.29, 1.82) is 0 Å².